The lowest BCUT2D eigenvalue weighted by Gasteiger charge is -2.32. The molecule has 0 saturated carbocycles. The minimum atomic E-state index is -0.0643. The Bertz CT molecular complexity index is 805. The Morgan fingerprint density at radius 1 is 1.11 bits per heavy atom. The van der Waals surface area contributed by atoms with E-state index >= 15 is 0 Å². The highest BCUT2D eigenvalue weighted by Crippen LogP contribution is 2.20. The fourth-order valence-electron chi connectivity index (χ4n) is 3.10. The third-order valence-electron chi connectivity index (χ3n) is 4.65. The summed E-state index contributed by atoms with van der Waals surface area (Å²) in [5, 5.41) is 3.39. The van der Waals surface area contributed by atoms with Gasteiger partial charge in [-0.25, -0.2) is 0 Å². The number of hydrogen-bond donors (Lipinski definition) is 2. The van der Waals surface area contributed by atoms with Crippen LogP contribution in [0.4, 0.5) is 5.69 Å². The summed E-state index contributed by atoms with van der Waals surface area (Å²) in [5.41, 5.74) is 1.35. The van der Waals surface area contributed by atoms with Crippen LogP contribution in [0.25, 0.3) is 0 Å². The molecule has 27 heavy (non-hydrogen) atoms. The van der Waals surface area contributed by atoms with Crippen LogP contribution in [-0.4, -0.2) is 55.7 Å². The fraction of sp³-hybridized carbons (Fsp3) is 0.300. The Morgan fingerprint density at radius 3 is 2.41 bits per heavy atom. The van der Waals surface area contributed by atoms with E-state index in [-0.39, 0.29) is 11.8 Å². The molecule has 0 radical (unpaired) electrons. The van der Waals surface area contributed by atoms with Gasteiger partial charge in [0.1, 0.15) is 0 Å². The van der Waals surface area contributed by atoms with Crippen LogP contribution in [0.1, 0.15) is 10.4 Å². The van der Waals surface area contributed by atoms with E-state index in [1.807, 2.05) is 47.6 Å². The van der Waals surface area contributed by atoms with Crippen LogP contribution in [0.3, 0.4) is 0 Å². The summed E-state index contributed by atoms with van der Waals surface area (Å²) in [6.07, 6.45) is 2.01. The number of nitrogens with zero attached hydrogens (tertiary/aromatic N) is 1. The number of anilines is 1. The Morgan fingerprint density at radius 2 is 1.78 bits per heavy atom. The van der Waals surface area contributed by atoms with Crippen molar-refractivity contribution in [3.63, 3.8) is 0 Å². The van der Waals surface area contributed by atoms with Gasteiger partial charge in [0.25, 0.3) is 11.8 Å². The molecular weight excluding hydrogens is 382 g/mol. The standard InChI is InChI=1S/C20H22ClN3O2S/c1-27-16-8-6-15(7-9-16)20(26)24-12-10-23(11-13-24)14-19(25)22-18-5-3-2-4-17(18)21/h2-9H,10-14H2,1H3,(H,22,25)/p+1. The van der Waals surface area contributed by atoms with Crippen molar-refractivity contribution < 1.29 is 14.5 Å². The summed E-state index contributed by atoms with van der Waals surface area (Å²) >= 11 is 7.73. The third-order valence-corrected chi connectivity index (χ3v) is 5.73. The van der Waals surface area contributed by atoms with Crippen molar-refractivity contribution in [2.75, 3.05) is 44.3 Å². The van der Waals surface area contributed by atoms with Crippen molar-refractivity contribution in [2.45, 2.75) is 4.90 Å². The normalized spacial score (nSPS) is 14.8. The van der Waals surface area contributed by atoms with E-state index < -0.39 is 0 Å². The molecule has 1 heterocycles. The van der Waals surface area contributed by atoms with Crippen molar-refractivity contribution in [2.24, 2.45) is 0 Å². The van der Waals surface area contributed by atoms with Crippen LogP contribution >= 0.6 is 23.4 Å². The number of carbonyl (C=O) groups is 2. The SMILES string of the molecule is CSc1ccc(C(=O)N2CC[NH+](CC(=O)Nc3ccccc3Cl)CC2)cc1. The van der Waals surface area contributed by atoms with Gasteiger partial charge in [-0.3, -0.25) is 9.59 Å². The molecule has 142 valence electrons. The first-order valence-corrected chi connectivity index (χ1v) is 10.5. The first-order chi connectivity index (χ1) is 13.1. The molecule has 7 heteroatoms. The zero-order valence-corrected chi connectivity index (χ0v) is 16.8. The first kappa shape index (κ1) is 19.7. The number of halogens is 1. The highest BCUT2D eigenvalue weighted by atomic mass is 35.5. The molecule has 2 aromatic carbocycles. The van der Waals surface area contributed by atoms with Crippen molar-refractivity contribution >= 4 is 40.9 Å². The smallest absolute Gasteiger partial charge is 0.279 e. The van der Waals surface area contributed by atoms with Gasteiger partial charge >= 0.3 is 0 Å². The van der Waals surface area contributed by atoms with Crippen LogP contribution in [-0.2, 0) is 4.79 Å². The zero-order valence-electron chi connectivity index (χ0n) is 15.2. The van der Waals surface area contributed by atoms with Crippen molar-refractivity contribution in [1.82, 2.24) is 4.90 Å². The molecule has 0 bridgehead atoms. The summed E-state index contributed by atoms with van der Waals surface area (Å²) in [4.78, 5) is 29.1. The van der Waals surface area contributed by atoms with Gasteiger partial charge in [-0.1, -0.05) is 23.7 Å². The summed E-state index contributed by atoms with van der Waals surface area (Å²) in [5.74, 6) is -0.00671. The van der Waals surface area contributed by atoms with E-state index in [1.54, 1.807) is 23.9 Å². The number of amides is 2. The molecule has 5 nitrogen and oxygen atoms in total. The van der Waals surface area contributed by atoms with E-state index in [0.717, 1.165) is 18.0 Å². The maximum Gasteiger partial charge on any atom is 0.279 e. The number of nitrogens with one attached hydrogen (secondary N) is 2. The van der Waals surface area contributed by atoms with E-state index in [0.29, 0.717) is 35.9 Å². The third kappa shape index (κ3) is 5.25. The van der Waals surface area contributed by atoms with Crippen molar-refractivity contribution in [1.29, 1.82) is 0 Å². The lowest BCUT2D eigenvalue weighted by atomic mass is 10.2. The molecule has 1 fully saturated rings. The molecule has 3 rings (SSSR count). The minimum Gasteiger partial charge on any atom is -0.327 e. The second kappa shape index (κ2) is 9.26. The molecule has 0 spiro atoms. The number of piperazine rings is 1. The first-order valence-electron chi connectivity index (χ1n) is 8.88. The monoisotopic (exact) mass is 404 g/mol. The number of thioether (sulfide) groups is 1. The highest BCUT2D eigenvalue weighted by Gasteiger charge is 2.26. The van der Waals surface area contributed by atoms with Gasteiger partial charge in [-0.05, 0) is 42.7 Å². The maximum absolute atomic E-state index is 12.6. The van der Waals surface area contributed by atoms with Crippen LogP contribution < -0.4 is 10.2 Å². The van der Waals surface area contributed by atoms with E-state index in [2.05, 4.69) is 5.32 Å². The fourth-order valence-corrected chi connectivity index (χ4v) is 3.69. The number of carbonyl (C=O) groups excluding carboxylic acids is 2. The van der Waals surface area contributed by atoms with E-state index in [4.69, 9.17) is 11.6 Å². The van der Waals surface area contributed by atoms with Gasteiger partial charge in [-0.15, -0.1) is 11.8 Å². The lowest BCUT2D eigenvalue weighted by Crippen LogP contribution is -3.15. The lowest BCUT2D eigenvalue weighted by molar-refractivity contribution is -0.895. The topological polar surface area (TPSA) is 53.9 Å². The van der Waals surface area contributed by atoms with Crippen LogP contribution in [0, 0.1) is 0 Å². The van der Waals surface area contributed by atoms with Gasteiger partial charge in [-0.2, -0.15) is 0 Å². The van der Waals surface area contributed by atoms with Gasteiger partial charge in [0.05, 0.1) is 36.9 Å². The predicted molar refractivity (Wildman–Crippen MR) is 110 cm³/mol. The van der Waals surface area contributed by atoms with Crippen LogP contribution in [0.5, 0.6) is 0 Å². The average molecular weight is 405 g/mol. The molecule has 1 aliphatic rings. The molecule has 0 aliphatic carbocycles. The summed E-state index contributed by atoms with van der Waals surface area (Å²) in [6.45, 7) is 3.18. The Hall–Kier alpha value is -2.02. The molecule has 1 saturated heterocycles. The highest BCUT2D eigenvalue weighted by molar-refractivity contribution is 7.98. The Balaban J connectivity index is 1.48. The number of rotatable bonds is 5. The van der Waals surface area contributed by atoms with E-state index in [1.165, 1.54) is 4.90 Å². The molecule has 0 atom stereocenters. The molecule has 2 amide bonds. The molecule has 1 aliphatic heterocycles. The van der Waals surface area contributed by atoms with Crippen LogP contribution in [0.15, 0.2) is 53.4 Å². The summed E-state index contributed by atoms with van der Waals surface area (Å²) < 4.78 is 0. The predicted octanol–water partition coefficient (Wildman–Crippen LogP) is 2.04. The van der Waals surface area contributed by atoms with Gasteiger partial charge in [0.2, 0.25) is 0 Å². The maximum atomic E-state index is 12.6. The number of hydrogen-bond acceptors (Lipinski definition) is 3. The largest absolute Gasteiger partial charge is 0.327 e. The molecule has 0 aromatic heterocycles. The van der Waals surface area contributed by atoms with Gasteiger partial charge < -0.3 is 15.1 Å². The van der Waals surface area contributed by atoms with Crippen LogP contribution in [0.2, 0.25) is 5.02 Å². The average Bonchev–Trinajstić information content (AvgIpc) is 2.70. The summed E-state index contributed by atoms with van der Waals surface area (Å²) in [6, 6.07) is 14.9. The van der Waals surface area contributed by atoms with Gasteiger partial charge in [0, 0.05) is 10.5 Å². The number of quaternary nitrogens is 1. The number of para-hydroxylation sites is 1. The molecular formula is C20H23ClN3O2S+. The number of benzene rings is 2. The van der Waals surface area contributed by atoms with Gasteiger partial charge in [0.15, 0.2) is 6.54 Å². The molecule has 2 N–H and O–H groups in total. The minimum absolute atomic E-state index is 0.0576. The van der Waals surface area contributed by atoms with Crippen molar-refractivity contribution in [3.8, 4) is 0 Å². The van der Waals surface area contributed by atoms with E-state index in [9.17, 15) is 9.59 Å². The van der Waals surface area contributed by atoms with Crippen molar-refractivity contribution in [3.05, 3.63) is 59.1 Å². The molecule has 0 unspecified atom stereocenters. The summed E-state index contributed by atoms with van der Waals surface area (Å²) in [7, 11) is 0. The molecule has 2 aromatic rings. The Labute approximate surface area is 168 Å². The second-order valence-corrected chi connectivity index (χ2v) is 7.76. The zero-order chi connectivity index (χ0) is 19.2. The Kier molecular flexibility index (Phi) is 6.77. The second-order valence-electron chi connectivity index (χ2n) is 6.48. The quantitative estimate of drug-likeness (QED) is 0.750.